The van der Waals surface area contributed by atoms with E-state index in [-0.39, 0.29) is 0 Å². The van der Waals surface area contributed by atoms with E-state index in [1.165, 1.54) is 43.5 Å². The molecule has 3 unspecified atom stereocenters. The largest absolute Gasteiger partial charge is 0.497 e. The maximum Gasteiger partial charge on any atom is 0.119 e. The van der Waals surface area contributed by atoms with Crippen molar-refractivity contribution in [3.05, 3.63) is 65.7 Å². The van der Waals surface area contributed by atoms with Crippen molar-refractivity contribution in [2.45, 2.75) is 31.7 Å². The molecule has 2 aliphatic rings. The molecule has 126 valence electrons. The van der Waals surface area contributed by atoms with Gasteiger partial charge in [0.15, 0.2) is 0 Å². The smallest absolute Gasteiger partial charge is 0.119 e. The monoisotopic (exact) mass is 321 g/mol. The zero-order chi connectivity index (χ0) is 16.4. The third-order valence-electron chi connectivity index (χ3n) is 5.95. The van der Waals surface area contributed by atoms with Crippen LogP contribution in [0, 0.1) is 11.8 Å². The fraction of sp³-hybridized carbons (Fsp3) is 0.455. The van der Waals surface area contributed by atoms with Crippen LogP contribution in [-0.2, 0) is 6.54 Å². The molecule has 24 heavy (non-hydrogen) atoms. The minimum absolute atomic E-state index is 0.694. The van der Waals surface area contributed by atoms with Crippen LogP contribution >= 0.6 is 0 Å². The van der Waals surface area contributed by atoms with Gasteiger partial charge in [-0.3, -0.25) is 4.90 Å². The normalized spacial score (nSPS) is 27.0. The molecule has 1 saturated carbocycles. The first-order valence-electron chi connectivity index (χ1n) is 9.23. The molecule has 1 heterocycles. The van der Waals surface area contributed by atoms with Crippen LogP contribution in [0.15, 0.2) is 54.6 Å². The molecule has 2 aromatic carbocycles. The molecule has 0 aromatic heterocycles. The highest BCUT2D eigenvalue weighted by Gasteiger charge is 2.40. The standard InChI is InChI=1S/C22H27NO/c1-24-20-11-5-9-18(13-20)21-12-6-10-19-15-23(16-22(19)21)14-17-7-3-2-4-8-17/h2-5,7-9,11,13,19,21-22H,6,10,12,14-16H2,1H3. The molecule has 2 heteroatoms. The van der Waals surface area contributed by atoms with Gasteiger partial charge < -0.3 is 4.74 Å². The minimum atomic E-state index is 0.694. The van der Waals surface area contributed by atoms with Gasteiger partial charge in [0.2, 0.25) is 0 Å². The minimum Gasteiger partial charge on any atom is -0.497 e. The highest BCUT2D eigenvalue weighted by Crippen LogP contribution is 2.45. The van der Waals surface area contributed by atoms with Crippen molar-refractivity contribution in [2.75, 3.05) is 20.2 Å². The van der Waals surface area contributed by atoms with Gasteiger partial charge in [-0.2, -0.15) is 0 Å². The van der Waals surface area contributed by atoms with E-state index in [0.717, 1.165) is 24.1 Å². The average molecular weight is 321 g/mol. The van der Waals surface area contributed by atoms with Crippen molar-refractivity contribution >= 4 is 0 Å². The second kappa shape index (κ2) is 6.98. The number of hydrogen-bond donors (Lipinski definition) is 0. The number of likely N-dealkylation sites (tertiary alicyclic amines) is 1. The lowest BCUT2D eigenvalue weighted by Gasteiger charge is -2.33. The lowest BCUT2D eigenvalue weighted by atomic mass is 9.71. The fourth-order valence-corrected chi connectivity index (χ4v) is 4.82. The quantitative estimate of drug-likeness (QED) is 0.808. The summed E-state index contributed by atoms with van der Waals surface area (Å²) in [5, 5.41) is 0. The van der Waals surface area contributed by atoms with Crippen LogP contribution in [0.5, 0.6) is 5.75 Å². The van der Waals surface area contributed by atoms with E-state index in [0.29, 0.717) is 5.92 Å². The second-order valence-electron chi connectivity index (χ2n) is 7.42. The lowest BCUT2D eigenvalue weighted by Crippen LogP contribution is -2.25. The van der Waals surface area contributed by atoms with Crippen LogP contribution in [0.1, 0.15) is 36.3 Å². The Bertz CT molecular complexity index is 669. The second-order valence-corrected chi connectivity index (χ2v) is 7.42. The molecule has 0 bridgehead atoms. The van der Waals surface area contributed by atoms with Crippen molar-refractivity contribution < 1.29 is 4.74 Å². The van der Waals surface area contributed by atoms with Crippen LogP contribution in [0.2, 0.25) is 0 Å². The first-order chi connectivity index (χ1) is 11.8. The van der Waals surface area contributed by atoms with E-state index in [9.17, 15) is 0 Å². The van der Waals surface area contributed by atoms with Crippen LogP contribution < -0.4 is 4.74 Å². The molecule has 4 rings (SSSR count). The van der Waals surface area contributed by atoms with Gasteiger partial charge in [-0.15, -0.1) is 0 Å². The van der Waals surface area contributed by atoms with E-state index in [4.69, 9.17) is 4.74 Å². The van der Waals surface area contributed by atoms with Crippen LogP contribution in [0.3, 0.4) is 0 Å². The highest BCUT2D eigenvalue weighted by molar-refractivity contribution is 5.32. The Labute approximate surface area is 145 Å². The fourth-order valence-electron chi connectivity index (χ4n) is 4.82. The Kier molecular flexibility index (Phi) is 4.57. The van der Waals surface area contributed by atoms with E-state index >= 15 is 0 Å². The van der Waals surface area contributed by atoms with Crippen molar-refractivity contribution in [2.24, 2.45) is 11.8 Å². The Morgan fingerprint density at radius 3 is 2.71 bits per heavy atom. The van der Waals surface area contributed by atoms with E-state index in [2.05, 4.69) is 59.5 Å². The lowest BCUT2D eigenvalue weighted by molar-refractivity contribution is 0.257. The number of methoxy groups -OCH3 is 1. The Morgan fingerprint density at radius 1 is 1.00 bits per heavy atom. The highest BCUT2D eigenvalue weighted by atomic mass is 16.5. The molecular formula is C22H27NO. The number of benzene rings is 2. The average Bonchev–Trinajstić information content (AvgIpc) is 3.05. The van der Waals surface area contributed by atoms with Gasteiger partial charge in [0.1, 0.15) is 5.75 Å². The summed E-state index contributed by atoms with van der Waals surface area (Å²) in [6.07, 6.45) is 4.09. The molecule has 0 spiro atoms. The summed E-state index contributed by atoms with van der Waals surface area (Å²) < 4.78 is 5.45. The predicted octanol–water partition coefficient (Wildman–Crippen LogP) is 4.71. The summed E-state index contributed by atoms with van der Waals surface area (Å²) in [5.74, 6) is 3.35. The van der Waals surface area contributed by atoms with Gasteiger partial charge in [0.05, 0.1) is 7.11 Å². The van der Waals surface area contributed by atoms with Crippen molar-refractivity contribution in [1.82, 2.24) is 4.90 Å². The third-order valence-corrected chi connectivity index (χ3v) is 5.95. The molecule has 2 nitrogen and oxygen atoms in total. The number of nitrogens with zero attached hydrogens (tertiary/aromatic N) is 1. The predicted molar refractivity (Wildman–Crippen MR) is 98.3 cm³/mol. The van der Waals surface area contributed by atoms with Crippen molar-refractivity contribution in [1.29, 1.82) is 0 Å². The molecule has 1 saturated heterocycles. The Hall–Kier alpha value is -1.80. The number of rotatable bonds is 4. The van der Waals surface area contributed by atoms with E-state index in [1.807, 2.05) is 0 Å². The molecule has 2 fully saturated rings. The van der Waals surface area contributed by atoms with Gasteiger partial charge in [-0.1, -0.05) is 48.9 Å². The number of hydrogen-bond acceptors (Lipinski definition) is 2. The molecule has 0 N–H and O–H groups in total. The zero-order valence-electron chi connectivity index (χ0n) is 14.5. The molecule has 1 aliphatic heterocycles. The summed E-state index contributed by atoms with van der Waals surface area (Å²) in [6, 6.07) is 19.7. The molecular weight excluding hydrogens is 294 g/mol. The molecule has 2 aromatic rings. The molecule has 0 amide bonds. The van der Waals surface area contributed by atoms with Crippen molar-refractivity contribution in [3.63, 3.8) is 0 Å². The van der Waals surface area contributed by atoms with Crippen molar-refractivity contribution in [3.8, 4) is 5.75 Å². The van der Waals surface area contributed by atoms with Gasteiger partial charge in [-0.25, -0.2) is 0 Å². The Morgan fingerprint density at radius 2 is 1.88 bits per heavy atom. The van der Waals surface area contributed by atoms with E-state index in [1.54, 1.807) is 7.11 Å². The first-order valence-corrected chi connectivity index (χ1v) is 9.23. The third kappa shape index (κ3) is 3.21. The first kappa shape index (κ1) is 15.7. The van der Waals surface area contributed by atoms with Gasteiger partial charge >= 0.3 is 0 Å². The summed E-state index contributed by atoms with van der Waals surface area (Å²) >= 11 is 0. The topological polar surface area (TPSA) is 12.5 Å². The zero-order valence-corrected chi connectivity index (χ0v) is 14.5. The summed E-state index contributed by atoms with van der Waals surface area (Å²) in [7, 11) is 1.76. The maximum atomic E-state index is 5.45. The van der Waals surface area contributed by atoms with Gasteiger partial charge in [0, 0.05) is 19.6 Å². The molecule has 1 aliphatic carbocycles. The SMILES string of the molecule is COc1cccc(C2CCCC3CN(Cc4ccccc4)CC32)c1. The van der Waals surface area contributed by atoms with Crippen LogP contribution in [-0.4, -0.2) is 25.1 Å². The number of ether oxygens (including phenoxy) is 1. The summed E-state index contributed by atoms with van der Waals surface area (Å²) in [5.41, 5.74) is 2.92. The summed E-state index contributed by atoms with van der Waals surface area (Å²) in [6.45, 7) is 3.60. The summed E-state index contributed by atoms with van der Waals surface area (Å²) in [4.78, 5) is 2.67. The van der Waals surface area contributed by atoms with Gasteiger partial charge in [0.25, 0.3) is 0 Å². The van der Waals surface area contributed by atoms with Gasteiger partial charge in [-0.05, 0) is 53.9 Å². The van der Waals surface area contributed by atoms with Crippen LogP contribution in [0.25, 0.3) is 0 Å². The Balaban J connectivity index is 1.50. The van der Waals surface area contributed by atoms with Crippen LogP contribution in [0.4, 0.5) is 0 Å². The van der Waals surface area contributed by atoms with E-state index < -0.39 is 0 Å². The number of fused-ring (bicyclic) bond motifs is 1. The maximum absolute atomic E-state index is 5.45. The molecule has 3 atom stereocenters. The molecule has 0 radical (unpaired) electrons.